The summed E-state index contributed by atoms with van der Waals surface area (Å²) in [7, 11) is 1.31. The maximum absolute atomic E-state index is 12.0. The molecule has 112 valence electrons. The Hall–Kier alpha value is -2.30. The molecule has 0 aromatic heterocycles. The summed E-state index contributed by atoms with van der Waals surface area (Å²) in [6, 6.07) is 10.00. The monoisotopic (exact) mass is 289 g/mol. The molecule has 1 heterocycles. The molecule has 5 heteroatoms. The minimum Gasteiger partial charge on any atom is -0.464 e. The predicted octanol–water partition coefficient (Wildman–Crippen LogP) is 2.52. The number of nitrogens with zero attached hydrogens (tertiary/aromatic N) is 1. The SMILES string of the molecule is COC(=O)/C(=C(\C)CCc1ccccc1)N1CCOC1=O. The molecular formula is C16H19NO4. The van der Waals surface area contributed by atoms with E-state index in [0.717, 1.165) is 12.0 Å². The molecule has 0 aliphatic carbocycles. The zero-order valence-corrected chi connectivity index (χ0v) is 12.3. The van der Waals surface area contributed by atoms with Gasteiger partial charge >= 0.3 is 12.1 Å². The van der Waals surface area contributed by atoms with Crippen molar-refractivity contribution in [3.05, 3.63) is 47.2 Å². The number of rotatable bonds is 5. The fraction of sp³-hybridized carbons (Fsp3) is 0.375. The number of benzene rings is 1. The third-order valence-electron chi connectivity index (χ3n) is 3.45. The van der Waals surface area contributed by atoms with Crippen molar-refractivity contribution in [2.75, 3.05) is 20.3 Å². The van der Waals surface area contributed by atoms with E-state index in [-0.39, 0.29) is 0 Å². The molecule has 0 saturated carbocycles. The Bertz CT molecular complexity index is 551. The highest BCUT2D eigenvalue weighted by molar-refractivity contribution is 5.93. The van der Waals surface area contributed by atoms with Gasteiger partial charge in [0.1, 0.15) is 12.3 Å². The molecule has 0 N–H and O–H groups in total. The van der Waals surface area contributed by atoms with Crippen LogP contribution < -0.4 is 0 Å². The van der Waals surface area contributed by atoms with Crippen LogP contribution >= 0.6 is 0 Å². The van der Waals surface area contributed by atoms with Gasteiger partial charge in [0.05, 0.1) is 13.7 Å². The number of hydrogen-bond donors (Lipinski definition) is 0. The molecule has 1 aliphatic rings. The second kappa shape index (κ2) is 6.92. The van der Waals surface area contributed by atoms with Crippen LogP contribution in [0.5, 0.6) is 0 Å². The summed E-state index contributed by atoms with van der Waals surface area (Å²) in [5.74, 6) is -0.501. The molecule has 1 fully saturated rings. The first-order chi connectivity index (χ1) is 10.1. The number of cyclic esters (lactones) is 1. The van der Waals surface area contributed by atoms with Crippen LogP contribution in [0.1, 0.15) is 18.9 Å². The molecule has 1 amide bonds. The molecular weight excluding hydrogens is 270 g/mol. The minimum atomic E-state index is -0.501. The van der Waals surface area contributed by atoms with E-state index < -0.39 is 12.1 Å². The molecule has 5 nitrogen and oxygen atoms in total. The zero-order chi connectivity index (χ0) is 15.2. The summed E-state index contributed by atoms with van der Waals surface area (Å²) in [4.78, 5) is 25.0. The lowest BCUT2D eigenvalue weighted by atomic mass is 10.0. The van der Waals surface area contributed by atoms with E-state index in [9.17, 15) is 9.59 Å². The molecule has 0 spiro atoms. The van der Waals surface area contributed by atoms with Crippen LogP contribution in [0.25, 0.3) is 0 Å². The van der Waals surface area contributed by atoms with Crippen molar-refractivity contribution < 1.29 is 19.1 Å². The van der Waals surface area contributed by atoms with Gasteiger partial charge < -0.3 is 9.47 Å². The smallest absolute Gasteiger partial charge is 0.414 e. The first kappa shape index (κ1) is 15.1. The van der Waals surface area contributed by atoms with Gasteiger partial charge in [0.25, 0.3) is 0 Å². The van der Waals surface area contributed by atoms with Gasteiger partial charge in [0, 0.05) is 0 Å². The van der Waals surface area contributed by atoms with E-state index >= 15 is 0 Å². The first-order valence-corrected chi connectivity index (χ1v) is 6.89. The average molecular weight is 289 g/mol. The summed E-state index contributed by atoms with van der Waals surface area (Å²) >= 11 is 0. The van der Waals surface area contributed by atoms with Crippen molar-refractivity contribution in [1.29, 1.82) is 0 Å². The van der Waals surface area contributed by atoms with E-state index in [4.69, 9.17) is 9.47 Å². The van der Waals surface area contributed by atoms with E-state index in [2.05, 4.69) is 0 Å². The summed E-state index contributed by atoms with van der Waals surface area (Å²) in [6.45, 7) is 2.53. The maximum atomic E-state index is 12.0. The summed E-state index contributed by atoms with van der Waals surface area (Å²) in [5, 5.41) is 0. The molecule has 21 heavy (non-hydrogen) atoms. The van der Waals surface area contributed by atoms with Crippen LogP contribution in [0.15, 0.2) is 41.6 Å². The summed E-state index contributed by atoms with van der Waals surface area (Å²) in [5.41, 5.74) is 2.31. The van der Waals surface area contributed by atoms with E-state index in [0.29, 0.717) is 25.3 Å². The molecule has 1 aromatic rings. The van der Waals surface area contributed by atoms with E-state index in [1.54, 1.807) is 0 Å². The van der Waals surface area contributed by atoms with Gasteiger partial charge in [0.2, 0.25) is 0 Å². The second-order valence-corrected chi connectivity index (χ2v) is 4.87. The number of methoxy groups -OCH3 is 1. The van der Waals surface area contributed by atoms with Crippen molar-refractivity contribution >= 4 is 12.1 Å². The van der Waals surface area contributed by atoms with Crippen LogP contribution in [0, 0.1) is 0 Å². The topological polar surface area (TPSA) is 55.8 Å². The molecule has 2 rings (SSSR count). The highest BCUT2D eigenvalue weighted by atomic mass is 16.6. The van der Waals surface area contributed by atoms with Gasteiger partial charge in [-0.2, -0.15) is 0 Å². The summed E-state index contributed by atoms with van der Waals surface area (Å²) in [6.07, 6.45) is 0.989. The lowest BCUT2D eigenvalue weighted by Crippen LogP contribution is -2.30. The van der Waals surface area contributed by atoms with Gasteiger partial charge in [0.15, 0.2) is 0 Å². The van der Waals surface area contributed by atoms with Crippen molar-refractivity contribution in [3.63, 3.8) is 0 Å². The fourth-order valence-electron chi connectivity index (χ4n) is 2.30. The second-order valence-electron chi connectivity index (χ2n) is 4.87. The Morgan fingerprint density at radius 2 is 2.05 bits per heavy atom. The molecule has 1 saturated heterocycles. The molecule has 0 unspecified atom stereocenters. The van der Waals surface area contributed by atoms with Crippen LogP contribution in [0.4, 0.5) is 4.79 Å². The standard InChI is InChI=1S/C16H19NO4/c1-12(8-9-13-6-4-3-5-7-13)14(15(18)20-2)17-10-11-21-16(17)19/h3-7H,8-11H2,1-2H3/b14-12-. The number of carbonyl (C=O) groups is 2. The minimum absolute atomic E-state index is 0.297. The highest BCUT2D eigenvalue weighted by Crippen LogP contribution is 2.20. The van der Waals surface area contributed by atoms with Gasteiger partial charge in [-0.15, -0.1) is 0 Å². The van der Waals surface area contributed by atoms with Gasteiger partial charge in [-0.1, -0.05) is 30.3 Å². The quantitative estimate of drug-likeness (QED) is 0.617. The van der Waals surface area contributed by atoms with Crippen LogP contribution in [0.3, 0.4) is 0 Å². The normalized spacial score (nSPS) is 15.5. The zero-order valence-electron chi connectivity index (χ0n) is 12.3. The van der Waals surface area contributed by atoms with Gasteiger partial charge in [-0.25, -0.2) is 9.59 Å². The van der Waals surface area contributed by atoms with Crippen molar-refractivity contribution in [2.24, 2.45) is 0 Å². The van der Waals surface area contributed by atoms with Crippen molar-refractivity contribution in [2.45, 2.75) is 19.8 Å². The van der Waals surface area contributed by atoms with Crippen LogP contribution in [-0.2, 0) is 20.7 Å². The van der Waals surface area contributed by atoms with Crippen molar-refractivity contribution in [1.82, 2.24) is 4.90 Å². The average Bonchev–Trinajstić information content (AvgIpc) is 2.92. The Labute approximate surface area is 124 Å². The molecule has 1 aromatic carbocycles. The predicted molar refractivity (Wildman–Crippen MR) is 77.5 cm³/mol. The number of hydrogen-bond acceptors (Lipinski definition) is 4. The first-order valence-electron chi connectivity index (χ1n) is 6.89. The molecule has 0 radical (unpaired) electrons. The largest absolute Gasteiger partial charge is 0.464 e. The lowest BCUT2D eigenvalue weighted by Gasteiger charge is -2.18. The number of allylic oxidation sites excluding steroid dienone is 1. The number of amides is 1. The maximum Gasteiger partial charge on any atom is 0.414 e. The van der Waals surface area contributed by atoms with E-state index in [1.807, 2.05) is 37.3 Å². The Morgan fingerprint density at radius 3 is 2.62 bits per heavy atom. The third kappa shape index (κ3) is 3.62. The number of esters is 1. The fourth-order valence-corrected chi connectivity index (χ4v) is 2.30. The Balaban J connectivity index is 2.17. The molecule has 0 atom stereocenters. The van der Waals surface area contributed by atoms with Crippen molar-refractivity contribution in [3.8, 4) is 0 Å². The van der Waals surface area contributed by atoms with E-state index in [1.165, 1.54) is 17.6 Å². The van der Waals surface area contributed by atoms with Crippen LogP contribution in [-0.4, -0.2) is 37.2 Å². The summed E-state index contributed by atoms with van der Waals surface area (Å²) < 4.78 is 9.70. The third-order valence-corrected chi connectivity index (χ3v) is 3.45. The number of ether oxygens (including phenoxy) is 2. The molecule has 1 aliphatic heterocycles. The Kier molecular flexibility index (Phi) is 4.98. The number of aryl methyl sites for hydroxylation is 1. The number of carbonyl (C=O) groups excluding carboxylic acids is 2. The van der Waals surface area contributed by atoms with Gasteiger partial charge in [-0.05, 0) is 30.9 Å². The lowest BCUT2D eigenvalue weighted by molar-refractivity contribution is -0.137. The van der Waals surface area contributed by atoms with Gasteiger partial charge in [-0.3, -0.25) is 4.90 Å². The molecule has 0 bridgehead atoms. The Morgan fingerprint density at radius 1 is 1.33 bits per heavy atom. The van der Waals surface area contributed by atoms with Crippen LogP contribution in [0.2, 0.25) is 0 Å². The highest BCUT2D eigenvalue weighted by Gasteiger charge is 2.31.